The van der Waals surface area contributed by atoms with Crippen LogP contribution in [0, 0.1) is 17.8 Å². The van der Waals surface area contributed by atoms with Gasteiger partial charge in [0.1, 0.15) is 0 Å². The van der Waals surface area contributed by atoms with E-state index in [0.29, 0.717) is 36.4 Å². The first-order valence-corrected chi connectivity index (χ1v) is 8.05. The zero-order chi connectivity index (χ0) is 12.0. The quantitative estimate of drug-likeness (QED) is 0.715. The third-order valence-corrected chi connectivity index (χ3v) is 6.03. The fourth-order valence-corrected chi connectivity index (χ4v) is 4.82. The second kappa shape index (κ2) is 4.35. The van der Waals surface area contributed by atoms with Crippen molar-refractivity contribution in [3.63, 3.8) is 0 Å². The highest BCUT2D eigenvalue weighted by molar-refractivity contribution is 7.85. The maximum Gasteiger partial charge on any atom is 0.227 e. The number of nitrogens with two attached hydrogens (primary N) is 1. The Labute approximate surface area is 104 Å². The van der Waals surface area contributed by atoms with Crippen molar-refractivity contribution in [2.75, 3.05) is 24.6 Å². The van der Waals surface area contributed by atoms with Gasteiger partial charge in [-0.05, 0) is 31.1 Å². The lowest BCUT2D eigenvalue weighted by Crippen LogP contribution is -2.50. The number of nitrogens with zero attached hydrogens (tertiary/aromatic N) is 1. The highest BCUT2D eigenvalue weighted by atomic mass is 32.2. The van der Waals surface area contributed by atoms with E-state index in [-0.39, 0.29) is 17.9 Å². The lowest BCUT2D eigenvalue weighted by Gasteiger charge is -2.34. The molecule has 2 aliphatic carbocycles. The summed E-state index contributed by atoms with van der Waals surface area (Å²) in [5, 5.41) is 0. The predicted octanol–water partition coefficient (Wildman–Crippen LogP) is -0.0493. The van der Waals surface area contributed by atoms with Crippen LogP contribution < -0.4 is 5.73 Å². The van der Waals surface area contributed by atoms with Crippen LogP contribution >= 0.6 is 0 Å². The van der Waals surface area contributed by atoms with Gasteiger partial charge in [0.2, 0.25) is 5.91 Å². The van der Waals surface area contributed by atoms with E-state index in [2.05, 4.69) is 0 Å². The van der Waals surface area contributed by atoms with Crippen molar-refractivity contribution in [1.29, 1.82) is 0 Å². The first kappa shape index (κ1) is 11.7. The Bertz CT molecular complexity index is 348. The summed E-state index contributed by atoms with van der Waals surface area (Å²) in [4.78, 5) is 14.3. The third-order valence-electron chi connectivity index (χ3n) is 4.76. The van der Waals surface area contributed by atoms with E-state index >= 15 is 0 Å². The van der Waals surface area contributed by atoms with Crippen molar-refractivity contribution in [2.24, 2.45) is 23.5 Å². The number of hydrogen-bond donors (Lipinski definition) is 1. The molecule has 0 aromatic carbocycles. The zero-order valence-corrected chi connectivity index (χ0v) is 10.8. The van der Waals surface area contributed by atoms with Crippen LogP contribution in [0.2, 0.25) is 0 Å². The Morgan fingerprint density at radius 2 is 1.82 bits per heavy atom. The Kier molecular flexibility index (Phi) is 2.99. The Morgan fingerprint density at radius 3 is 2.41 bits per heavy atom. The summed E-state index contributed by atoms with van der Waals surface area (Å²) < 4.78 is 11.3. The Hall–Kier alpha value is -0.420. The summed E-state index contributed by atoms with van der Waals surface area (Å²) in [6.45, 7) is 1.32. The second-order valence-electron chi connectivity index (χ2n) is 5.61. The molecule has 0 radical (unpaired) electrons. The van der Waals surface area contributed by atoms with Crippen molar-refractivity contribution in [1.82, 2.24) is 4.90 Å². The van der Waals surface area contributed by atoms with Gasteiger partial charge in [0.15, 0.2) is 0 Å². The molecular formula is C12H20N2O2S. The van der Waals surface area contributed by atoms with Crippen molar-refractivity contribution >= 4 is 16.7 Å². The number of carbonyl (C=O) groups excluding carboxylic acids is 1. The molecule has 1 saturated heterocycles. The van der Waals surface area contributed by atoms with Gasteiger partial charge >= 0.3 is 0 Å². The minimum atomic E-state index is -0.715. The molecule has 2 N–H and O–H groups in total. The maximum atomic E-state index is 12.5. The molecule has 1 amide bonds. The van der Waals surface area contributed by atoms with E-state index in [9.17, 15) is 9.00 Å². The molecule has 3 aliphatic rings. The first-order valence-electron chi connectivity index (χ1n) is 6.56. The zero-order valence-electron chi connectivity index (χ0n) is 10.0. The van der Waals surface area contributed by atoms with Gasteiger partial charge in [-0.1, -0.05) is 0 Å². The fourth-order valence-electron chi connectivity index (χ4n) is 3.77. The van der Waals surface area contributed by atoms with Gasteiger partial charge in [-0.2, -0.15) is 0 Å². The molecule has 0 spiro atoms. The van der Waals surface area contributed by atoms with Crippen LogP contribution in [0.4, 0.5) is 0 Å². The van der Waals surface area contributed by atoms with Gasteiger partial charge < -0.3 is 10.6 Å². The topological polar surface area (TPSA) is 63.4 Å². The molecule has 4 nitrogen and oxygen atoms in total. The molecule has 2 saturated carbocycles. The monoisotopic (exact) mass is 256 g/mol. The van der Waals surface area contributed by atoms with Crippen molar-refractivity contribution in [2.45, 2.75) is 25.3 Å². The van der Waals surface area contributed by atoms with E-state index in [4.69, 9.17) is 5.73 Å². The minimum absolute atomic E-state index is 0.0558. The lowest BCUT2D eigenvalue weighted by atomic mass is 9.84. The van der Waals surface area contributed by atoms with Crippen molar-refractivity contribution in [3.8, 4) is 0 Å². The molecule has 2 bridgehead atoms. The smallest absolute Gasteiger partial charge is 0.227 e. The van der Waals surface area contributed by atoms with Crippen LogP contribution in [0.3, 0.4) is 0 Å². The summed E-state index contributed by atoms with van der Waals surface area (Å²) in [7, 11) is -0.715. The molecule has 0 aromatic heterocycles. The number of amides is 1. The van der Waals surface area contributed by atoms with E-state index < -0.39 is 10.8 Å². The minimum Gasteiger partial charge on any atom is -0.341 e. The molecular weight excluding hydrogens is 236 g/mol. The van der Waals surface area contributed by atoms with Crippen LogP contribution in [0.1, 0.15) is 19.3 Å². The van der Waals surface area contributed by atoms with Crippen LogP contribution in [0.5, 0.6) is 0 Å². The van der Waals surface area contributed by atoms with Crippen molar-refractivity contribution in [3.05, 3.63) is 0 Å². The van der Waals surface area contributed by atoms with E-state index in [1.807, 2.05) is 4.90 Å². The SMILES string of the molecule is NC1C2CCC(C2)C1C(=O)N1CCS(=O)CC1. The molecule has 4 atom stereocenters. The molecule has 5 heteroatoms. The molecule has 3 fully saturated rings. The summed E-state index contributed by atoms with van der Waals surface area (Å²) in [6, 6.07) is 0.0775. The fraction of sp³-hybridized carbons (Fsp3) is 0.917. The van der Waals surface area contributed by atoms with Crippen molar-refractivity contribution < 1.29 is 9.00 Å². The normalized spacial score (nSPS) is 42.1. The highest BCUT2D eigenvalue weighted by Crippen LogP contribution is 2.48. The van der Waals surface area contributed by atoms with Gasteiger partial charge in [-0.15, -0.1) is 0 Å². The van der Waals surface area contributed by atoms with E-state index in [0.717, 1.165) is 6.42 Å². The van der Waals surface area contributed by atoms with Gasteiger partial charge in [0, 0.05) is 41.4 Å². The molecule has 96 valence electrons. The van der Waals surface area contributed by atoms with E-state index in [1.54, 1.807) is 0 Å². The Morgan fingerprint density at radius 1 is 1.18 bits per heavy atom. The van der Waals surface area contributed by atoms with Crippen LogP contribution in [-0.2, 0) is 15.6 Å². The van der Waals surface area contributed by atoms with Gasteiger partial charge in [-0.25, -0.2) is 0 Å². The van der Waals surface area contributed by atoms with Crippen LogP contribution in [0.15, 0.2) is 0 Å². The average Bonchev–Trinajstić information content (AvgIpc) is 2.89. The molecule has 3 rings (SSSR count). The van der Waals surface area contributed by atoms with Gasteiger partial charge in [0.25, 0.3) is 0 Å². The van der Waals surface area contributed by atoms with Crippen LogP contribution in [0.25, 0.3) is 0 Å². The number of hydrogen-bond acceptors (Lipinski definition) is 3. The predicted molar refractivity (Wildman–Crippen MR) is 66.8 cm³/mol. The summed E-state index contributed by atoms with van der Waals surface area (Å²) in [6.07, 6.45) is 3.53. The molecule has 1 aliphatic heterocycles. The van der Waals surface area contributed by atoms with E-state index in [1.165, 1.54) is 12.8 Å². The number of fused-ring (bicyclic) bond motifs is 2. The van der Waals surface area contributed by atoms with Crippen LogP contribution in [-0.4, -0.2) is 45.7 Å². The third kappa shape index (κ3) is 1.93. The summed E-state index contributed by atoms with van der Waals surface area (Å²) in [5.41, 5.74) is 6.19. The average molecular weight is 256 g/mol. The maximum absolute atomic E-state index is 12.5. The molecule has 0 aromatic rings. The second-order valence-corrected chi connectivity index (χ2v) is 7.31. The summed E-state index contributed by atoms with van der Waals surface area (Å²) >= 11 is 0. The highest BCUT2D eigenvalue weighted by Gasteiger charge is 2.50. The van der Waals surface area contributed by atoms with Gasteiger partial charge in [0.05, 0.1) is 5.92 Å². The number of carbonyl (C=O) groups is 1. The molecule has 1 heterocycles. The van der Waals surface area contributed by atoms with Gasteiger partial charge in [-0.3, -0.25) is 9.00 Å². The lowest BCUT2D eigenvalue weighted by molar-refractivity contribution is -0.137. The standard InChI is InChI=1S/C12H20N2O2S/c13-11-9-2-1-8(7-9)10(11)12(15)14-3-5-17(16)6-4-14/h8-11H,1-7,13H2. The Balaban J connectivity index is 1.68. The number of rotatable bonds is 1. The largest absolute Gasteiger partial charge is 0.341 e. The molecule has 4 unspecified atom stereocenters. The molecule has 17 heavy (non-hydrogen) atoms. The first-order chi connectivity index (χ1) is 8.16. The summed E-state index contributed by atoms with van der Waals surface area (Å²) in [5.74, 6) is 2.67.